The van der Waals surface area contributed by atoms with Crippen LogP contribution < -0.4 is 47.3 Å². The molecule has 113 heavy (non-hydrogen) atoms. The van der Waals surface area contributed by atoms with Crippen LogP contribution in [0.4, 0.5) is 34.1 Å². The second kappa shape index (κ2) is 25.2. The molecule has 528 valence electrons. The average Bonchev–Trinajstić information content (AvgIpc) is 1.65. The molecule has 7 heteroatoms. The predicted octanol–water partition coefficient (Wildman–Crippen LogP) is 23.9. The van der Waals surface area contributed by atoms with Crippen molar-refractivity contribution >= 4 is 124 Å². The van der Waals surface area contributed by atoms with Gasteiger partial charge < -0.3 is 23.7 Å². The van der Waals surface area contributed by atoms with Crippen molar-refractivity contribution in [2.24, 2.45) is 0 Å². The Bertz CT molecular complexity index is 8370. The van der Waals surface area contributed by atoms with Gasteiger partial charge in [0.25, 0.3) is 13.4 Å². The number of aromatic nitrogens is 2. The smallest absolute Gasteiger partial charge is 0.256 e. The van der Waals surface area contributed by atoms with Crippen LogP contribution in [0.1, 0.15) is 56.5 Å². The van der Waals surface area contributed by atoms with Crippen LogP contribution in [-0.4, -0.2) is 22.6 Å². The number of rotatable bonds is 10. The zero-order valence-electron chi connectivity index (χ0n) is 83.0. The topological polar surface area (TPSA) is 25.6 Å². The summed E-state index contributed by atoms with van der Waals surface area (Å²) in [5.74, 6) is 0.393. The van der Waals surface area contributed by atoms with Gasteiger partial charge in [0.15, 0.2) is 0 Å². The Morgan fingerprint density at radius 3 is 1.43 bits per heavy atom. The monoisotopic (exact) mass is 1460 g/mol. The van der Waals surface area contributed by atoms with Crippen molar-refractivity contribution < 1.29 is 34.9 Å². The molecular weight excluding hydrogens is 1370 g/mol. The van der Waals surface area contributed by atoms with Crippen LogP contribution in [0, 0.1) is 0 Å². The minimum atomic E-state index is -1.44. The average molecular weight is 1460 g/mol. The van der Waals surface area contributed by atoms with Gasteiger partial charge in [-0.15, -0.1) is 0 Å². The first-order valence-corrected chi connectivity index (χ1v) is 37.7. The second-order valence-electron chi connectivity index (χ2n) is 30.1. The van der Waals surface area contributed by atoms with Gasteiger partial charge in [0.1, 0.15) is 11.5 Å². The zero-order valence-corrected chi connectivity index (χ0v) is 61.0. The Labute approximate surface area is 688 Å². The largest absolute Gasteiger partial charge is 0.456 e. The first-order chi connectivity index (χ1) is 64.9. The zero-order chi connectivity index (χ0) is 93.9. The molecule has 0 radical (unpaired) electrons. The second-order valence-corrected chi connectivity index (χ2v) is 30.1. The number of anilines is 6. The summed E-state index contributed by atoms with van der Waals surface area (Å²) in [6.45, 7) is 3.65. The summed E-state index contributed by atoms with van der Waals surface area (Å²) in [5.41, 5.74) is 10.3. The molecule has 19 aromatic rings. The van der Waals surface area contributed by atoms with Gasteiger partial charge in [0, 0.05) is 72.2 Å². The molecular formula is C106H72B2N4O. The number of fused-ring (bicyclic) bond motifs is 15. The molecule has 0 N–H and O–H groups in total. The minimum Gasteiger partial charge on any atom is -0.456 e. The Morgan fingerprint density at radius 2 is 0.823 bits per heavy atom. The molecule has 23 rings (SSSR count). The lowest BCUT2D eigenvalue weighted by Gasteiger charge is -2.47. The van der Waals surface area contributed by atoms with E-state index < -0.39 is 180 Å². The van der Waals surface area contributed by atoms with Crippen molar-refractivity contribution in [2.75, 3.05) is 9.80 Å². The van der Waals surface area contributed by atoms with E-state index in [2.05, 4.69) is 68.1 Å². The van der Waals surface area contributed by atoms with E-state index in [1.165, 1.54) is 0 Å². The highest BCUT2D eigenvalue weighted by Gasteiger charge is 2.51. The summed E-state index contributed by atoms with van der Waals surface area (Å²) < 4.78 is 231. The Balaban J connectivity index is 0.974. The SMILES string of the molecule is [2H]c1c([2H])c([2H])c(-c2c([2H])c([2H])c3c(c2[2H])c2c([2H])c([2H])c([2H])c4c2n3-c2cc3c(c5c2B4c2ccc(-c4ccccc4)cc2O5)N(c2cc(-c4ccccc4)ccc2-c2ccccc2)c2cc(C(C)(C)C)cc4c2B3c2c([2H])c([2H])c(-n3c5c([2H])c([2H])c([2H])c([2H])c5c5c([2H])c([2H])c([2H])c([2H])c53)c([2H])c2N4c2c(-c3ccccc3)cc(-c3ccccc3)cc2-c2ccccc2)c([2H])c1[2H]. The highest BCUT2D eigenvalue weighted by Crippen LogP contribution is 2.56. The normalized spacial score (nSPS) is 15.6. The fourth-order valence-electron chi connectivity index (χ4n) is 17.7. The van der Waals surface area contributed by atoms with Gasteiger partial charge in [-0.05, 0) is 184 Å². The van der Waals surface area contributed by atoms with Gasteiger partial charge in [-0.25, -0.2) is 0 Å². The van der Waals surface area contributed by atoms with Gasteiger partial charge in [-0.1, -0.05) is 324 Å². The highest BCUT2D eigenvalue weighted by molar-refractivity contribution is 7.02. The van der Waals surface area contributed by atoms with E-state index in [-0.39, 0.29) is 66.4 Å². The summed E-state index contributed by atoms with van der Waals surface area (Å²) in [6, 6.07) is 66.2. The molecule has 0 unspecified atom stereocenters. The van der Waals surface area contributed by atoms with E-state index in [9.17, 15) is 26.0 Å². The summed E-state index contributed by atoms with van der Waals surface area (Å²) in [5, 5.41) is -1.00. The van der Waals surface area contributed by atoms with Gasteiger partial charge in [0.2, 0.25) is 0 Å². The maximum Gasteiger partial charge on any atom is 0.256 e. The molecule has 0 bridgehead atoms. The van der Waals surface area contributed by atoms with Crippen LogP contribution in [0.25, 0.3) is 133 Å². The molecule has 0 saturated carbocycles. The fraction of sp³-hybridized carbons (Fsp3) is 0.0377. The molecule has 6 heterocycles. The Morgan fingerprint density at radius 1 is 0.301 bits per heavy atom. The van der Waals surface area contributed by atoms with Crippen LogP contribution in [0.15, 0.2) is 382 Å². The molecule has 2 aromatic heterocycles. The number of para-hydroxylation sites is 3. The van der Waals surface area contributed by atoms with Gasteiger partial charge in [-0.2, -0.15) is 0 Å². The maximum absolute atomic E-state index is 12.1. The first kappa shape index (κ1) is 46.4. The summed E-state index contributed by atoms with van der Waals surface area (Å²) in [7, 11) is 0. The molecule has 0 spiro atoms. The highest BCUT2D eigenvalue weighted by atomic mass is 16.5. The van der Waals surface area contributed by atoms with Crippen molar-refractivity contribution in [3.8, 4) is 101 Å². The van der Waals surface area contributed by atoms with Crippen molar-refractivity contribution in [2.45, 2.75) is 26.2 Å². The van der Waals surface area contributed by atoms with Crippen LogP contribution >= 0.6 is 0 Å². The molecule has 4 aliphatic heterocycles. The molecule has 0 aliphatic carbocycles. The van der Waals surface area contributed by atoms with Gasteiger partial charge >= 0.3 is 0 Å². The van der Waals surface area contributed by atoms with Crippen LogP contribution in [0.2, 0.25) is 0 Å². The molecule has 0 fully saturated rings. The fourth-order valence-corrected chi connectivity index (χ4v) is 17.7. The van der Waals surface area contributed by atoms with Gasteiger partial charge in [0.05, 0.1) is 63.8 Å². The number of nitrogens with zero attached hydrogens (tertiary/aromatic N) is 4. The lowest BCUT2D eigenvalue weighted by atomic mass is 9.31. The number of ether oxygens (including phenoxy) is 1. The van der Waals surface area contributed by atoms with E-state index in [1.807, 2.05) is 211 Å². The van der Waals surface area contributed by atoms with Crippen LogP contribution in [-0.2, 0) is 5.41 Å². The Kier molecular flexibility index (Phi) is 10.4. The van der Waals surface area contributed by atoms with Crippen molar-refractivity contribution in [3.63, 3.8) is 0 Å². The van der Waals surface area contributed by atoms with Crippen molar-refractivity contribution in [3.05, 3.63) is 387 Å². The molecule has 4 aliphatic rings. The maximum atomic E-state index is 12.1. The van der Waals surface area contributed by atoms with Crippen molar-refractivity contribution in [1.82, 2.24) is 9.13 Å². The molecule has 0 atom stereocenters. The van der Waals surface area contributed by atoms with Crippen molar-refractivity contribution in [1.29, 1.82) is 0 Å². The quantitative estimate of drug-likeness (QED) is 0.128. The summed E-state index contributed by atoms with van der Waals surface area (Å²) >= 11 is 0. The lowest BCUT2D eigenvalue weighted by molar-refractivity contribution is 0.489. The van der Waals surface area contributed by atoms with Gasteiger partial charge in [-0.3, -0.25) is 0 Å². The van der Waals surface area contributed by atoms with E-state index in [0.29, 0.717) is 83.7 Å². The minimum absolute atomic E-state index is 0.0000198. The predicted molar refractivity (Wildman–Crippen MR) is 477 cm³/mol. The molecule has 5 nitrogen and oxygen atoms in total. The third kappa shape index (κ3) is 10.0. The van der Waals surface area contributed by atoms with E-state index in [1.54, 1.807) is 4.57 Å². The van der Waals surface area contributed by atoms with Crippen LogP contribution in [0.5, 0.6) is 11.5 Å². The standard InChI is InChI=1S/C106H72B2N4O/c1-106(2,3)78-63-96-100-97(64-78)112(102-84(72-40-21-9-22-41-72)59-77(70-36-17-7-18-37-70)60-85(102)73-42-23-10-24-43-73)95-65-79(109-91-48-27-25-44-81(91)82-45-26-28-49-92(82)109)53-56-87(95)107(100)90-66-98-101-105(104(90)111(96)94-61-75(68-32-13-5-14-33-68)50-54-80(94)71-38-19-8-20-39-71)113-99-62-76(69-34-15-6-16-35-69)51-55-88(99)108(101)89-47-29-46-83-86-58-74(67-30-11-4-12-31-67)52-57-93(86)110(98)103(83)89/h4-66H,1-3H3/i4D,11D,12D,25D,26D,27D,28D,29D,30D,31D,44D,45D,46D,47D,48D,49D,52D,53D,56D,57D,58D,65D. The third-order valence-corrected chi connectivity index (χ3v) is 22.8. The summed E-state index contributed by atoms with van der Waals surface area (Å²) in [6.07, 6.45) is 0. The number of hydrogen-bond donors (Lipinski definition) is 0. The Hall–Kier alpha value is -14.1. The van der Waals surface area contributed by atoms with E-state index in [0.717, 1.165) is 43.5 Å². The first-order valence-electron chi connectivity index (χ1n) is 48.7. The molecule has 0 amide bonds. The number of hydrogen-bond acceptors (Lipinski definition) is 3. The molecule has 0 saturated heterocycles. The van der Waals surface area contributed by atoms with E-state index in [4.69, 9.17) is 8.85 Å². The third-order valence-electron chi connectivity index (χ3n) is 22.8. The molecule has 17 aromatic carbocycles. The van der Waals surface area contributed by atoms with E-state index >= 15 is 0 Å². The van der Waals surface area contributed by atoms with Crippen LogP contribution in [0.3, 0.4) is 0 Å². The summed E-state index contributed by atoms with van der Waals surface area (Å²) in [4.78, 5) is 4.16. The number of benzene rings is 17. The lowest BCUT2D eigenvalue weighted by Crippen LogP contribution is -2.64.